The Bertz CT molecular complexity index is 1550. The van der Waals surface area contributed by atoms with E-state index in [1.54, 1.807) is 36.5 Å². The van der Waals surface area contributed by atoms with Gasteiger partial charge in [-0.2, -0.15) is 0 Å². The molecule has 0 radical (unpaired) electrons. The lowest BCUT2D eigenvalue weighted by Gasteiger charge is -2.21. The highest BCUT2D eigenvalue weighted by Gasteiger charge is 2.26. The van der Waals surface area contributed by atoms with Crippen molar-refractivity contribution in [3.63, 3.8) is 0 Å². The molecule has 0 aliphatic carbocycles. The summed E-state index contributed by atoms with van der Waals surface area (Å²) in [5.41, 5.74) is 5.95. The lowest BCUT2D eigenvalue weighted by molar-refractivity contribution is 0.101. The van der Waals surface area contributed by atoms with Crippen LogP contribution >= 0.6 is 0 Å². The van der Waals surface area contributed by atoms with Crippen LogP contribution in [-0.2, 0) is 6.61 Å². The largest absolute Gasteiger partial charge is 0.488 e. The second-order valence-corrected chi connectivity index (χ2v) is 8.16. The lowest BCUT2D eigenvalue weighted by atomic mass is 9.95. The topological polar surface area (TPSA) is 52.3 Å². The van der Waals surface area contributed by atoms with Gasteiger partial charge in [0.25, 0.3) is 0 Å². The number of benzene rings is 3. The monoisotopic (exact) mass is 435 g/mol. The van der Waals surface area contributed by atoms with Crippen molar-refractivity contribution in [2.45, 2.75) is 13.5 Å². The Morgan fingerprint density at radius 2 is 1.85 bits per heavy atom. The van der Waals surface area contributed by atoms with Gasteiger partial charge >= 0.3 is 0 Å². The summed E-state index contributed by atoms with van der Waals surface area (Å²) in [6.45, 7) is 2.38. The van der Waals surface area contributed by atoms with Gasteiger partial charge in [0.15, 0.2) is 5.76 Å². The van der Waals surface area contributed by atoms with Crippen LogP contribution in [0.2, 0.25) is 0 Å². The summed E-state index contributed by atoms with van der Waals surface area (Å²) in [6.07, 6.45) is 1.72. The molecule has 6 rings (SSSR count). The molecule has 33 heavy (non-hydrogen) atoms. The number of carbonyl (C=O) groups excluding carboxylic acids is 1. The molecule has 3 aromatic carbocycles. The molecule has 0 saturated heterocycles. The van der Waals surface area contributed by atoms with Crippen molar-refractivity contribution in [3.05, 3.63) is 107 Å². The molecule has 160 valence electrons. The van der Waals surface area contributed by atoms with E-state index < -0.39 is 5.82 Å². The summed E-state index contributed by atoms with van der Waals surface area (Å²) in [4.78, 5) is 18.1. The van der Waals surface area contributed by atoms with Crippen molar-refractivity contribution in [1.82, 2.24) is 4.98 Å². The number of hydrogen-bond donors (Lipinski definition) is 0. The first-order valence-electron chi connectivity index (χ1n) is 10.6. The van der Waals surface area contributed by atoms with Gasteiger partial charge in [0.1, 0.15) is 23.8 Å². The molecule has 0 saturated carbocycles. The van der Waals surface area contributed by atoms with Gasteiger partial charge in [-0.3, -0.25) is 9.78 Å². The van der Waals surface area contributed by atoms with E-state index in [1.165, 1.54) is 12.1 Å². The van der Waals surface area contributed by atoms with E-state index in [-0.39, 0.29) is 11.5 Å². The summed E-state index contributed by atoms with van der Waals surface area (Å²) < 4.78 is 26.1. The van der Waals surface area contributed by atoms with E-state index in [4.69, 9.17) is 14.1 Å². The van der Waals surface area contributed by atoms with Gasteiger partial charge in [-0.25, -0.2) is 4.39 Å². The number of pyridine rings is 1. The second kappa shape index (κ2) is 7.41. The number of aromatic nitrogens is 1. The minimum Gasteiger partial charge on any atom is -0.488 e. The van der Waals surface area contributed by atoms with E-state index in [2.05, 4.69) is 0 Å². The molecule has 4 nitrogen and oxygen atoms in total. The van der Waals surface area contributed by atoms with Crippen LogP contribution in [0.4, 0.5) is 4.39 Å². The first-order valence-corrected chi connectivity index (χ1v) is 10.6. The van der Waals surface area contributed by atoms with Crippen molar-refractivity contribution in [1.29, 1.82) is 0 Å². The first kappa shape index (κ1) is 19.4. The maximum Gasteiger partial charge on any atom is 0.228 e. The van der Waals surface area contributed by atoms with Gasteiger partial charge in [-0.05, 0) is 43.3 Å². The molecule has 1 aliphatic rings. The number of ketones is 1. The number of nitrogens with zero attached hydrogens (tertiary/aromatic N) is 1. The van der Waals surface area contributed by atoms with Crippen molar-refractivity contribution in [2.24, 2.45) is 0 Å². The Labute approximate surface area is 189 Å². The lowest BCUT2D eigenvalue weighted by Crippen LogP contribution is -2.08. The zero-order chi connectivity index (χ0) is 22.5. The maximum atomic E-state index is 14.2. The number of aryl methyl sites for hydroxylation is 1. The number of fused-ring (bicyclic) bond motifs is 4. The Hall–Kier alpha value is -4.25. The number of carbonyl (C=O) groups is 1. The van der Waals surface area contributed by atoms with Crippen molar-refractivity contribution < 1.29 is 18.3 Å². The van der Waals surface area contributed by atoms with Gasteiger partial charge in [-0.15, -0.1) is 0 Å². The van der Waals surface area contributed by atoms with E-state index >= 15 is 0 Å². The highest BCUT2D eigenvalue weighted by molar-refractivity contribution is 6.15. The molecule has 3 heterocycles. The molecular weight excluding hydrogens is 417 g/mol. The number of hydrogen-bond acceptors (Lipinski definition) is 4. The first-order chi connectivity index (χ1) is 16.1. The average Bonchev–Trinajstić information content (AvgIpc) is 3.22. The summed E-state index contributed by atoms with van der Waals surface area (Å²) in [5, 5.41) is 0.531. The number of ether oxygens (including phenoxy) is 1. The molecule has 1 aliphatic heterocycles. The summed E-state index contributed by atoms with van der Waals surface area (Å²) in [7, 11) is 0. The number of furan rings is 1. The normalized spacial score (nSPS) is 12.2. The second-order valence-electron chi connectivity index (χ2n) is 8.16. The SMILES string of the molecule is Cc1ccc2c(c1)-c1ncc(-c3c(C(=O)c4ccccc4)oc4ccc(F)cc34)cc1CO2. The van der Waals surface area contributed by atoms with Crippen LogP contribution in [0, 0.1) is 12.7 Å². The fourth-order valence-corrected chi connectivity index (χ4v) is 4.35. The summed E-state index contributed by atoms with van der Waals surface area (Å²) in [6, 6.07) is 21.1. The third-order valence-corrected chi connectivity index (χ3v) is 5.92. The highest BCUT2D eigenvalue weighted by atomic mass is 19.1. The maximum absolute atomic E-state index is 14.2. The predicted molar refractivity (Wildman–Crippen MR) is 124 cm³/mol. The van der Waals surface area contributed by atoms with Crippen LogP contribution in [-0.4, -0.2) is 10.8 Å². The van der Waals surface area contributed by atoms with Gasteiger partial charge in [0, 0.05) is 39.4 Å². The van der Waals surface area contributed by atoms with Crippen LogP contribution in [0.25, 0.3) is 33.4 Å². The third kappa shape index (κ3) is 3.21. The molecule has 5 heteroatoms. The summed E-state index contributed by atoms with van der Waals surface area (Å²) >= 11 is 0. The molecule has 0 unspecified atom stereocenters. The minimum absolute atomic E-state index is 0.163. The molecule has 0 fully saturated rings. The van der Waals surface area contributed by atoms with Crippen molar-refractivity contribution >= 4 is 16.8 Å². The van der Waals surface area contributed by atoms with E-state index in [0.29, 0.717) is 34.3 Å². The van der Waals surface area contributed by atoms with Crippen LogP contribution < -0.4 is 4.74 Å². The van der Waals surface area contributed by atoms with Crippen molar-refractivity contribution in [3.8, 4) is 28.1 Å². The molecule has 0 amide bonds. The average molecular weight is 435 g/mol. The molecule has 5 aromatic rings. The van der Waals surface area contributed by atoms with Gasteiger partial charge in [-0.1, -0.05) is 42.0 Å². The highest BCUT2D eigenvalue weighted by Crippen LogP contribution is 2.41. The van der Waals surface area contributed by atoms with Crippen LogP contribution in [0.3, 0.4) is 0 Å². The quantitative estimate of drug-likeness (QED) is 0.295. The van der Waals surface area contributed by atoms with Crippen LogP contribution in [0.15, 0.2) is 83.4 Å². The molecule has 0 spiro atoms. The van der Waals surface area contributed by atoms with Gasteiger partial charge < -0.3 is 9.15 Å². The fraction of sp³-hybridized carbons (Fsp3) is 0.0714. The molecule has 0 bridgehead atoms. The van der Waals surface area contributed by atoms with E-state index in [0.717, 1.165) is 28.1 Å². The van der Waals surface area contributed by atoms with E-state index in [1.807, 2.05) is 37.3 Å². The summed E-state index contributed by atoms with van der Waals surface area (Å²) in [5.74, 6) is 0.291. The Balaban J connectivity index is 1.56. The standard InChI is InChI=1S/C28H18FNO3/c1-16-7-9-23-22(11-16)26-19(15-32-23)12-18(14-30-26)25-21-13-20(29)8-10-24(21)33-28(25)27(31)17-5-3-2-4-6-17/h2-14H,15H2,1H3. The zero-order valence-electron chi connectivity index (χ0n) is 17.8. The van der Waals surface area contributed by atoms with Crippen LogP contribution in [0.1, 0.15) is 27.2 Å². The number of halogens is 1. The number of rotatable bonds is 3. The fourth-order valence-electron chi connectivity index (χ4n) is 4.35. The smallest absolute Gasteiger partial charge is 0.228 e. The molecular formula is C28H18FNO3. The minimum atomic E-state index is -0.401. The van der Waals surface area contributed by atoms with Crippen molar-refractivity contribution in [2.75, 3.05) is 0 Å². The Kier molecular flexibility index (Phi) is 4.37. The third-order valence-electron chi connectivity index (χ3n) is 5.92. The molecule has 0 atom stereocenters. The van der Waals surface area contributed by atoms with E-state index in [9.17, 15) is 9.18 Å². The molecule has 0 N–H and O–H groups in total. The van der Waals surface area contributed by atoms with Gasteiger partial charge in [0.05, 0.1) is 5.69 Å². The Morgan fingerprint density at radius 3 is 2.70 bits per heavy atom. The zero-order valence-corrected chi connectivity index (χ0v) is 17.8. The van der Waals surface area contributed by atoms with Crippen LogP contribution in [0.5, 0.6) is 5.75 Å². The predicted octanol–water partition coefficient (Wildman–Crippen LogP) is 6.73. The Morgan fingerprint density at radius 1 is 1.00 bits per heavy atom. The molecule has 2 aromatic heterocycles. The van der Waals surface area contributed by atoms with Gasteiger partial charge in [0.2, 0.25) is 5.78 Å².